The minimum absolute atomic E-state index is 0.243. The lowest BCUT2D eigenvalue weighted by molar-refractivity contribution is 0.471. The summed E-state index contributed by atoms with van der Waals surface area (Å²) in [5, 5.41) is 9.06. The van der Waals surface area contributed by atoms with Crippen LogP contribution in [0.5, 0.6) is 5.75 Å². The third-order valence-corrected chi connectivity index (χ3v) is 1.65. The predicted octanol–water partition coefficient (Wildman–Crippen LogP) is 2.22. The van der Waals surface area contributed by atoms with Gasteiger partial charge in [-0.05, 0) is 24.5 Å². The molecule has 0 aromatic carbocycles. The summed E-state index contributed by atoms with van der Waals surface area (Å²) in [6, 6.07) is 1.74. The maximum atomic E-state index is 9.06. The number of hydrogen-bond donors (Lipinski definition) is 1. The zero-order valence-corrected chi connectivity index (χ0v) is 7.13. The fraction of sp³-hybridized carbons (Fsp3) is 0.444. The highest BCUT2D eigenvalue weighted by atomic mass is 16.3. The third kappa shape index (κ3) is 1.70. The maximum Gasteiger partial charge on any atom is 0.134 e. The first-order valence-corrected chi connectivity index (χ1v) is 3.76. The van der Waals surface area contributed by atoms with E-state index >= 15 is 0 Å². The second kappa shape index (κ2) is 2.91. The summed E-state index contributed by atoms with van der Waals surface area (Å²) in [5.74, 6) is 0.669. The van der Waals surface area contributed by atoms with Crippen molar-refractivity contribution in [3.05, 3.63) is 23.5 Å². The molecule has 0 aliphatic heterocycles. The second-order valence-electron chi connectivity index (χ2n) is 3.05. The molecule has 0 spiro atoms. The molecule has 0 amide bonds. The van der Waals surface area contributed by atoms with Crippen molar-refractivity contribution in [2.75, 3.05) is 0 Å². The van der Waals surface area contributed by atoms with Crippen LogP contribution >= 0.6 is 0 Å². The number of hydrogen-bond acceptors (Lipinski definition) is 2. The van der Waals surface area contributed by atoms with Gasteiger partial charge in [-0.2, -0.15) is 0 Å². The van der Waals surface area contributed by atoms with Gasteiger partial charge in [0.05, 0.1) is 6.20 Å². The Labute approximate surface area is 66.9 Å². The Hall–Kier alpha value is -1.05. The van der Waals surface area contributed by atoms with Crippen LogP contribution in [0, 0.1) is 6.92 Å². The van der Waals surface area contributed by atoms with Gasteiger partial charge in [-0.15, -0.1) is 0 Å². The summed E-state index contributed by atoms with van der Waals surface area (Å²) in [7, 11) is 0. The number of aromatic hydroxyl groups is 1. The lowest BCUT2D eigenvalue weighted by atomic mass is 10.1. The average Bonchev–Trinajstić information content (AvgIpc) is 1.85. The number of nitrogens with zero attached hydrogens (tertiary/aromatic N) is 1. The molecular formula is C9H13NO. The minimum Gasteiger partial charge on any atom is -0.506 e. The Morgan fingerprint density at radius 3 is 2.55 bits per heavy atom. The predicted molar refractivity (Wildman–Crippen MR) is 44.7 cm³/mol. The van der Waals surface area contributed by atoms with E-state index in [1.54, 1.807) is 6.07 Å². The minimum atomic E-state index is 0.243. The quantitative estimate of drug-likeness (QED) is 0.667. The van der Waals surface area contributed by atoms with Crippen LogP contribution in [0.25, 0.3) is 0 Å². The van der Waals surface area contributed by atoms with Crippen LogP contribution in [0.3, 0.4) is 0 Å². The van der Waals surface area contributed by atoms with Crippen molar-refractivity contribution in [2.24, 2.45) is 0 Å². The fourth-order valence-corrected chi connectivity index (χ4v) is 1.17. The topological polar surface area (TPSA) is 33.1 Å². The van der Waals surface area contributed by atoms with Gasteiger partial charge in [0.1, 0.15) is 5.75 Å². The highest BCUT2D eigenvalue weighted by Crippen LogP contribution is 2.19. The van der Waals surface area contributed by atoms with Crippen LogP contribution in [0.15, 0.2) is 12.3 Å². The summed E-state index contributed by atoms with van der Waals surface area (Å²) in [5.41, 5.74) is 2.11. The van der Waals surface area contributed by atoms with E-state index in [2.05, 4.69) is 18.8 Å². The van der Waals surface area contributed by atoms with Crippen molar-refractivity contribution in [3.63, 3.8) is 0 Å². The van der Waals surface area contributed by atoms with Crippen LogP contribution < -0.4 is 0 Å². The molecule has 1 rings (SSSR count). The SMILES string of the molecule is Cc1cc(O)cnc1C(C)C. The smallest absolute Gasteiger partial charge is 0.134 e. The number of rotatable bonds is 1. The Morgan fingerprint density at radius 2 is 2.09 bits per heavy atom. The summed E-state index contributed by atoms with van der Waals surface area (Å²) in [4.78, 5) is 4.13. The van der Waals surface area contributed by atoms with Crippen LogP contribution in [0.2, 0.25) is 0 Å². The Kier molecular flexibility index (Phi) is 2.13. The zero-order valence-electron chi connectivity index (χ0n) is 7.13. The van der Waals surface area contributed by atoms with Crippen molar-refractivity contribution in [1.29, 1.82) is 0 Å². The lowest BCUT2D eigenvalue weighted by Crippen LogP contribution is -1.95. The molecule has 11 heavy (non-hydrogen) atoms. The molecule has 0 atom stereocenters. The number of aromatic nitrogens is 1. The van der Waals surface area contributed by atoms with Gasteiger partial charge in [-0.3, -0.25) is 4.98 Å². The van der Waals surface area contributed by atoms with Gasteiger partial charge in [0, 0.05) is 5.69 Å². The van der Waals surface area contributed by atoms with Gasteiger partial charge >= 0.3 is 0 Å². The highest BCUT2D eigenvalue weighted by Gasteiger charge is 2.04. The molecule has 1 N–H and O–H groups in total. The van der Waals surface area contributed by atoms with E-state index in [4.69, 9.17) is 5.11 Å². The first-order chi connectivity index (χ1) is 5.11. The molecule has 0 saturated heterocycles. The van der Waals surface area contributed by atoms with Crippen molar-refractivity contribution in [3.8, 4) is 5.75 Å². The summed E-state index contributed by atoms with van der Waals surface area (Å²) < 4.78 is 0. The monoisotopic (exact) mass is 151 g/mol. The Morgan fingerprint density at radius 1 is 1.45 bits per heavy atom. The van der Waals surface area contributed by atoms with Crippen molar-refractivity contribution in [2.45, 2.75) is 26.7 Å². The molecule has 1 aromatic heterocycles. The molecule has 0 saturated carbocycles. The molecule has 2 heteroatoms. The Bertz CT molecular complexity index is 256. The van der Waals surface area contributed by atoms with Crippen LogP contribution in [0.4, 0.5) is 0 Å². The molecule has 0 unspecified atom stereocenters. The molecule has 1 heterocycles. The molecule has 0 bridgehead atoms. The van der Waals surface area contributed by atoms with E-state index in [0.29, 0.717) is 5.92 Å². The van der Waals surface area contributed by atoms with E-state index in [1.807, 2.05) is 6.92 Å². The van der Waals surface area contributed by atoms with Gasteiger partial charge in [-0.1, -0.05) is 13.8 Å². The third-order valence-electron chi connectivity index (χ3n) is 1.65. The van der Waals surface area contributed by atoms with Gasteiger partial charge in [-0.25, -0.2) is 0 Å². The van der Waals surface area contributed by atoms with Gasteiger partial charge in [0.2, 0.25) is 0 Å². The molecule has 1 aromatic rings. The molecule has 0 aliphatic rings. The maximum absolute atomic E-state index is 9.06. The lowest BCUT2D eigenvalue weighted by Gasteiger charge is -2.07. The Balaban J connectivity index is 3.09. The van der Waals surface area contributed by atoms with Crippen LogP contribution in [0.1, 0.15) is 31.0 Å². The molecule has 2 nitrogen and oxygen atoms in total. The molecule has 0 fully saturated rings. The molecule has 0 radical (unpaired) electrons. The van der Waals surface area contributed by atoms with E-state index in [9.17, 15) is 0 Å². The highest BCUT2D eigenvalue weighted by molar-refractivity contribution is 5.28. The van der Waals surface area contributed by atoms with Crippen LogP contribution in [-0.2, 0) is 0 Å². The van der Waals surface area contributed by atoms with Gasteiger partial charge in [0.25, 0.3) is 0 Å². The van der Waals surface area contributed by atoms with Crippen molar-refractivity contribution >= 4 is 0 Å². The number of aryl methyl sites for hydroxylation is 1. The van der Waals surface area contributed by atoms with E-state index in [0.717, 1.165) is 11.3 Å². The second-order valence-corrected chi connectivity index (χ2v) is 3.05. The summed E-state index contributed by atoms with van der Waals surface area (Å²) in [6.07, 6.45) is 1.49. The van der Waals surface area contributed by atoms with Crippen LogP contribution in [-0.4, -0.2) is 10.1 Å². The van der Waals surface area contributed by atoms with Gasteiger partial charge < -0.3 is 5.11 Å². The normalized spacial score (nSPS) is 10.5. The molecule has 60 valence electrons. The van der Waals surface area contributed by atoms with Gasteiger partial charge in [0.15, 0.2) is 0 Å². The van der Waals surface area contributed by atoms with E-state index < -0.39 is 0 Å². The average molecular weight is 151 g/mol. The van der Waals surface area contributed by atoms with Crippen molar-refractivity contribution in [1.82, 2.24) is 4.98 Å². The van der Waals surface area contributed by atoms with Crippen molar-refractivity contribution < 1.29 is 5.11 Å². The fourth-order valence-electron chi connectivity index (χ4n) is 1.17. The first-order valence-electron chi connectivity index (χ1n) is 3.76. The standard InChI is InChI=1S/C9H13NO/c1-6(2)9-7(3)4-8(11)5-10-9/h4-6,11H,1-3H3. The largest absolute Gasteiger partial charge is 0.506 e. The molecular weight excluding hydrogens is 138 g/mol. The van der Waals surface area contributed by atoms with E-state index in [1.165, 1.54) is 6.20 Å². The zero-order chi connectivity index (χ0) is 8.43. The summed E-state index contributed by atoms with van der Waals surface area (Å²) in [6.45, 7) is 6.14. The first kappa shape index (κ1) is 8.05. The number of pyridine rings is 1. The summed E-state index contributed by atoms with van der Waals surface area (Å²) >= 11 is 0. The van der Waals surface area contributed by atoms with E-state index in [-0.39, 0.29) is 5.75 Å². The molecule has 0 aliphatic carbocycles.